The van der Waals surface area contributed by atoms with E-state index in [-0.39, 0.29) is 5.78 Å². The summed E-state index contributed by atoms with van der Waals surface area (Å²) in [7, 11) is 1.92. The van der Waals surface area contributed by atoms with E-state index in [2.05, 4.69) is 22.4 Å². The molecule has 3 rings (SSSR count). The van der Waals surface area contributed by atoms with Crippen molar-refractivity contribution < 1.29 is 4.79 Å². The Balaban J connectivity index is 1.67. The van der Waals surface area contributed by atoms with Crippen LogP contribution in [0.3, 0.4) is 0 Å². The first kappa shape index (κ1) is 12.0. The molecule has 1 aliphatic heterocycles. The molecule has 1 aromatic carbocycles. The Labute approximate surface area is 112 Å². The number of nitrogens with zero attached hydrogens (tertiary/aromatic N) is 2. The molecule has 0 spiro atoms. The standard InChI is InChI=1S/C15H17N3O/c1-18-7-6-16-15(18)9-12(19)8-11-10-17-14-5-3-2-4-13(11)14/h2-7,11,17H,8-10H2,1H3. The molecule has 1 N–H and O–H groups in total. The van der Waals surface area contributed by atoms with Gasteiger partial charge in [0.25, 0.3) is 0 Å². The summed E-state index contributed by atoms with van der Waals surface area (Å²) >= 11 is 0. The Morgan fingerprint density at radius 3 is 3.11 bits per heavy atom. The molecule has 0 bridgehead atoms. The fourth-order valence-electron chi connectivity index (χ4n) is 2.63. The summed E-state index contributed by atoms with van der Waals surface area (Å²) in [5.74, 6) is 1.38. The van der Waals surface area contributed by atoms with E-state index in [1.54, 1.807) is 6.20 Å². The summed E-state index contributed by atoms with van der Waals surface area (Å²) in [6.07, 6.45) is 4.60. The first-order chi connectivity index (χ1) is 9.24. The van der Waals surface area contributed by atoms with Gasteiger partial charge in [0.2, 0.25) is 0 Å². The van der Waals surface area contributed by atoms with Gasteiger partial charge in [-0.2, -0.15) is 0 Å². The topological polar surface area (TPSA) is 46.9 Å². The monoisotopic (exact) mass is 255 g/mol. The molecule has 1 atom stereocenters. The molecule has 0 aliphatic carbocycles. The quantitative estimate of drug-likeness (QED) is 0.910. The lowest BCUT2D eigenvalue weighted by atomic mass is 9.95. The molecule has 0 saturated carbocycles. The number of Topliss-reactive ketones (excluding diaryl/α,β-unsaturated/α-hetero) is 1. The Kier molecular flexibility index (Phi) is 3.07. The van der Waals surface area contributed by atoms with Crippen molar-refractivity contribution >= 4 is 11.5 Å². The van der Waals surface area contributed by atoms with Crippen molar-refractivity contribution in [3.05, 3.63) is 48.0 Å². The number of hydrogen-bond acceptors (Lipinski definition) is 3. The molecule has 2 heterocycles. The zero-order valence-corrected chi connectivity index (χ0v) is 11.0. The van der Waals surface area contributed by atoms with E-state index < -0.39 is 0 Å². The van der Waals surface area contributed by atoms with Crippen LogP contribution < -0.4 is 5.32 Å². The highest BCUT2D eigenvalue weighted by molar-refractivity contribution is 5.81. The summed E-state index contributed by atoms with van der Waals surface area (Å²) < 4.78 is 1.90. The zero-order valence-electron chi connectivity index (χ0n) is 11.0. The van der Waals surface area contributed by atoms with Crippen LogP contribution in [0.1, 0.15) is 23.7 Å². The molecule has 1 aromatic heterocycles. The van der Waals surface area contributed by atoms with Gasteiger partial charge in [-0.15, -0.1) is 0 Å². The second-order valence-corrected chi connectivity index (χ2v) is 5.04. The summed E-state index contributed by atoms with van der Waals surface area (Å²) in [5, 5.41) is 3.35. The van der Waals surface area contributed by atoms with Gasteiger partial charge in [-0.3, -0.25) is 4.79 Å². The van der Waals surface area contributed by atoms with Gasteiger partial charge >= 0.3 is 0 Å². The Morgan fingerprint density at radius 2 is 2.32 bits per heavy atom. The molecule has 1 aliphatic rings. The third kappa shape index (κ3) is 2.38. The van der Waals surface area contributed by atoms with Crippen LogP contribution in [0, 0.1) is 0 Å². The minimum Gasteiger partial charge on any atom is -0.384 e. The summed E-state index contributed by atoms with van der Waals surface area (Å²) in [4.78, 5) is 16.3. The van der Waals surface area contributed by atoms with Crippen molar-refractivity contribution in [2.75, 3.05) is 11.9 Å². The first-order valence-electron chi connectivity index (χ1n) is 6.55. The van der Waals surface area contributed by atoms with Gasteiger partial charge in [0.15, 0.2) is 0 Å². The second kappa shape index (κ2) is 4.88. The first-order valence-corrected chi connectivity index (χ1v) is 6.55. The predicted octanol–water partition coefficient (Wildman–Crippen LogP) is 2.13. The third-order valence-electron chi connectivity index (χ3n) is 3.69. The maximum absolute atomic E-state index is 12.1. The van der Waals surface area contributed by atoms with Gasteiger partial charge in [0.05, 0.1) is 6.42 Å². The number of hydrogen-bond donors (Lipinski definition) is 1. The lowest BCUT2D eigenvalue weighted by molar-refractivity contribution is -0.118. The number of rotatable bonds is 4. The van der Waals surface area contributed by atoms with Crippen molar-refractivity contribution in [2.24, 2.45) is 7.05 Å². The van der Waals surface area contributed by atoms with Crippen LogP contribution in [0.15, 0.2) is 36.7 Å². The molecular formula is C15H17N3O. The molecule has 0 radical (unpaired) electrons. The van der Waals surface area contributed by atoms with E-state index in [1.165, 1.54) is 5.56 Å². The van der Waals surface area contributed by atoms with Gasteiger partial charge in [0.1, 0.15) is 11.6 Å². The third-order valence-corrected chi connectivity index (χ3v) is 3.69. The highest BCUT2D eigenvalue weighted by Gasteiger charge is 2.24. The van der Waals surface area contributed by atoms with Gasteiger partial charge in [-0.1, -0.05) is 18.2 Å². The molecule has 19 heavy (non-hydrogen) atoms. The van der Waals surface area contributed by atoms with Crippen molar-refractivity contribution in [3.8, 4) is 0 Å². The SMILES string of the molecule is Cn1ccnc1CC(=O)CC1CNc2ccccc21. The number of ketones is 1. The maximum Gasteiger partial charge on any atom is 0.141 e. The van der Waals surface area contributed by atoms with E-state index in [1.807, 2.05) is 29.9 Å². The number of aromatic nitrogens is 2. The highest BCUT2D eigenvalue weighted by atomic mass is 16.1. The minimum absolute atomic E-state index is 0.248. The smallest absolute Gasteiger partial charge is 0.141 e. The van der Waals surface area contributed by atoms with Gasteiger partial charge in [-0.25, -0.2) is 4.98 Å². The number of carbonyl (C=O) groups excluding carboxylic acids is 1. The zero-order chi connectivity index (χ0) is 13.2. The lowest BCUT2D eigenvalue weighted by Gasteiger charge is -2.09. The van der Waals surface area contributed by atoms with E-state index in [0.717, 1.165) is 18.1 Å². The number of anilines is 1. The summed E-state index contributed by atoms with van der Waals surface area (Å²) in [6.45, 7) is 0.853. The molecule has 4 nitrogen and oxygen atoms in total. The molecule has 1 unspecified atom stereocenters. The number of benzene rings is 1. The average Bonchev–Trinajstić information content (AvgIpc) is 2.98. The predicted molar refractivity (Wildman–Crippen MR) is 74.2 cm³/mol. The Morgan fingerprint density at radius 1 is 1.47 bits per heavy atom. The van der Waals surface area contributed by atoms with E-state index >= 15 is 0 Å². The molecule has 0 saturated heterocycles. The molecule has 4 heteroatoms. The Hall–Kier alpha value is -2.10. The average molecular weight is 255 g/mol. The van der Waals surface area contributed by atoms with Crippen molar-refractivity contribution in [3.63, 3.8) is 0 Å². The molecule has 2 aromatic rings. The van der Waals surface area contributed by atoms with Crippen molar-refractivity contribution in [2.45, 2.75) is 18.8 Å². The molecule has 0 fully saturated rings. The summed E-state index contributed by atoms with van der Waals surface area (Å²) in [5.41, 5.74) is 2.42. The fourth-order valence-corrected chi connectivity index (χ4v) is 2.63. The van der Waals surface area contributed by atoms with Crippen molar-refractivity contribution in [1.29, 1.82) is 0 Å². The van der Waals surface area contributed by atoms with Gasteiger partial charge < -0.3 is 9.88 Å². The van der Waals surface area contributed by atoms with Crippen LogP contribution in [-0.2, 0) is 18.3 Å². The number of para-hydroxylation sites is 1. The van der Waals surface area contributed by atoms with E-state index in [0.29, 0.717) is 18.8 Å². The summed E-state index contributed by atoms with van der Waals surface area (Å²) in [6, 6.07) is 8.22. The van der Waals surface area contributed by atoms with Crippen molar-refractivity contribution in [1.82, 2.24) is 9.55 Å². The molecular weight excluding hydrogens is 238 g/mol. The minimum atomic E-state index is 0.248. The normalized spacial score (nSPS) is 17.0. The number of aryl methyl sites for hydroxylation is 1. The number of nitrogens with one attached hydrogen (secondary N) is 1. The van der Waals surface area contributed by atoms with Crippen LogP contribution in [0.2, 0.25) is 0 Å². The fraction of sp³-hybridized carbons (Fsp3) is 0.333. The van der Waals surface area contributed by atoms with E-state index in [4.69, 9.17) is 0 Å². The number of imidazole rings is 1. The molecule has 98 valence electrons. The van der Waals surface area contributed by atoms with Crippen LogP contribution in [0.4, 0.5) is 5.69 Å². The van der Waals surface area contributed by atoms with Crippen LogP contribution >= 0.6 is 0 Å². The molecule has 0 amide bonds. The largest absolute Gasteiger partial charge is 0.384 e. The van der Waals surface area contributed by atoms with Crippen LogP contribution in [0.25, 0.3) is 0 Å². The number of fused-ring (bicyclic) bond motifs is 1. The van der Waals surface area contributed by atoms with Crippen LogP contribution in [0.5, 0.6) is 0 Å². The number of carbonyl (C=O) groups is 1. The highest BCUT2D eigenvalue weighted by Crippen LogP contribution is 2.33. The lowest BCUT2D eigenvalue weighted by Crippen LogP contribution is -2.13. The van der Waals surface area contributed by atoms with Gasteiger partial charge in [-0.05, 0) is 11.6 Å². The van der Waals surface area contributed by atoms with E-state index in [9.17, 15) is 4.79 Å². The second-order valence-electron chi connectivity index (χ2n) is 5.04. The van der Waals surface area contributed by atoms with Crippen LogP contribution in [-0.4, -0.2) is 21.9 Å². The van der Waals surface area contributed by atoms with Gasteiger partial charge in [0, 0.05) is 44.0 Å². The maximum atomic E-state index is 12.1. The Bertz CT molecular complexity index is 603.